The topological polar surface area (TPSA) is 55.5 Å². The number of para-hydroxylation sites is 1. The highest BCUT2D eigenvalue weighted by atomic mass is 19.4. The monoisotopic (exact) mass is 277 g/mol. The summed E-state index contributed by atoms with van der Waals surface area (Å²) in [5.74, 6) is -0.433. The lowest BCUT2D eigenvalue weighted by Crippen LogP contribution is -2.46. The van der Waals surface area contributed by atoms with Crippen LogP contribution in [0.4, 0.5) is 13.2 Å². The molecule has 108 valence electrons. The zero-order valence-electron chi connectivity index (χ0n) is 11.1. The quantitative estimate of drug-likeness (QED) is 0.893. The molecule has 1 aromatic carbocycles. The molecule has 0 heterocycles. The molecule has 0 amide bonds. The first-order valence-electron chi connectivity index (χ1n) is 5.79. The van der Waals surface area contributed by atoms with E-state index >= 15 is 0 Å². The van der Waals surface area contributed by atoms with Gasteiger partial charge in [0, 0.05) is 12.1 Å². The highest BCUT2D eigenvalue weighted by Crippen LogP contribution is 2.43. The van der Waals surface area contributed by atoms with Crippen LogP contribution in [0.15, 0.2) is 24.3 Å². The van der Waals surface area contributed by atoms with Crippen LogP contribution in [-0.4, -0.2) is 18.0 Å². The molecule has 0 aliphatic carbocycles. The smallest absolute Gasteiger partial charge is 0.405 e. The Morgan fingerprint density at radius 2 is 1.68 bits per heavy atom. The van der Waals surface area contributed by atoms with E-state index < -0.39 is 23.1 Å². The highest BCUT2D eigenvalue weighted by molar-refractivity contribution is 5.39. The minimum Gasteiger partial charge on any atom is -0.405 e. The molecule has 0 aliphatic heterocycles. The number of hydrogen-bond acceptors (Lipinski definition) is 3. The number of nitrogens with two attached hydrogens (primary N) is 1. The van der Waals surface area contributed by atoms with E-state index in [9.17, 15) is 18.3 Å². The van der Waals surface area contributed by atoms with Gasteiger partial charge in [-0.15, -0.1) is 13.2 Å². The standard InChI is InChI=1S/C13H18F3NO2/c1-11(2,3)12(18,8-17)9-6-4-5-7-10(9)19-13(14,15)16/h4-7,18H,8,17H2,1-3H3. The Balaban J connectivity index is 3.34. The Morgan fingerprint density at radius 1 is 1.16 bits per heavy atom. The van der Waals surface area contributed by atoms with Gasteiger partial charge in [-0.2, -0.15) is 0 Å². The molecule has 1 rings (SSSR count). The number of rotatable bonds is 3. The Morgan fingerprint density at radius 3 is 2.11 bits per heavy atom. The molecule has 1 aromatic rings. The molecule has 3 N–H and O–H groups in total. The van der Waals surface area contributed by atoms with Gasteiger partial charge >= 0.3 is 6.36 Å². The van der Waals surface area contributed by atoms with Gasteiger partial charge < -0.3 is 15.6 Å². The summed E-state index contributed by atoms with van der Waals surface area (Å²) in [5, 5.41) is 10.6. The van der Waals surface area contributed by atoms with Crippen LogP contribution in [0.2, 0.25) is 0 Å². The predicted octanol–water partition coefficient (Wildman–Crippen LogP) is 2.78. The summed E-state index contributed by atoms with van der Waals surface area (Å²) in [6, 6.07) is 5.49. The van der Waals surface area contributed by atoms with E-state index in [4.69, 9.17) is 5.73 Å². The summed E-state index contributed by atoms with van der Waals surface area (Å²) in [7, 11) is 0. The Labute approximate surface area is 110 Å². The lowest BCUT2D eigenvalue weighted by molar-refractivity contribution is -0.275. The van der Waals surface area contributed by atoms with Crippen LogP contribution >= 0.6 is 0 Å². The molecule has 0 saturated carbocycles. The van der Waals surface area contributed by atoms with E-state index in [2.05, 4.69) is 4.74 Å². The fourth-order valence-electron chi connectivity index (χ4n) is 1.84. The third-order valence-electron chi connectivity index (χ3n) is 3.09. The van der Waals surface area contributed by atoms with Gasteiger partial charge in [0.25, 0.3) is 0 Å². The second-order valence-electron chi connectivity index (χ2n) is 5.36. The van der Waals surface area contributed by atoms with E-state index in [1.807, 2.05) is 0 Å². The average molecular weight is 277 g/mol. The first-order valence-corrected chi connectivity index (χ1v) is 5.79. The molecule has 0 aromatic heterocycles. The summed E-state index contributed by atoms with van der Waals surface area (Å²) >= 11 is 0. The molecular formula is C13H18F3NO2. The molecule has 3 nitrogen and oxygen atoms in total. The van der Waals surface area contributed by atoms with Gasteiger partial charge in [-0.3, -0.25) is 0 Å². The van der Waals surface area contributed by atoms with Gasteiger partial charge in [0.15, 0.2) is 0 Å². The van der Waals surface area contributed by atoms with Crippen LogP contribution in [0, 0.1) is 5.41 Å². The van der Waals surface area contributed by atoms with Crippen molar-refractivity contribution in [3.05, 3.63) is 29.8 Å². The number of ether oxygens (including phenoxy) is 1. The average Bonchev–Trinajstić information content (AvgIpc) is 2.25. The van der Waals surface area contributed by atoms with E-state index in [0.717, 1.165) is 6.07 Å². The Kier molecular flexibility index (Phi) is 4.17. The number of alkyl halides is 3. The number of halogens is 3. The van der Waals surface area contributed by atoms with Crippen molar-refractivity contribution < 1.29 is 23.0 Å². The largest absolute Gasteiger partial charge is 0.573 e. The van der Waals surface area contributed by atoms with Gasteiger partial charge in [-0.25, -0.2) is 0 Å². The highest BCUT2D eigenvalue weighted by Gasteiger charge is 2.44. The van der Waals surface area contributed by atoms with Gasteiger partial charge in [0.05, 0.1) is 0 Å². The Hall–Kier alpha value is -1.27. The first kappa shape index (κ1) is 15.8. The molecule has 0 bridgehead atoms. The summed E-state index contributed by atoms with van der Waals surface area (Å²) in [5.41, 5.74) is 3.24. The van der Waals surface area contributed by atoms with E-state index in [-0.39, 0.29) is 12.1 Å². The van der Waals surface area contributed by atoms with Crippen LogP contribution < -0.4 is 10.5 Å². The van der Waals surface area contributed by atoms with Crippen molar-refractivity contribution in [2.24, 2.45) is 11.1 Å². The molecule has 1 unspecified atom stereocenters. The van der Waals surface area contributed by atoms with Crippen molar-refractivity contribution in [1.29, 1.82) is 0 Å². The number of aliphatic hydroxyl groups is 1. The first-order chi connectivity index (χ1) is 8.51. The summed E-state index contributed by atoms with van der Waals surface area (Å²) < 4.78 is 41.1. The van der Waals surface area contributed by atoms with Crippen LogP contribution in [-0.2, 0) is 5.60 Å². The Bertz CT molecular complexity index is 440. The van der Waals surface area contributed by atoms with E-state index in [0.29, 0.717) is 0 Å². The van der Waals surface area contributed by atoms with E-state index in [1.54, 1.807) is 20.8 Å². The third kappa shape index (κ3) is 3.39. The van der Waals surface area contributed by atoms with Crippen molar-refractivity contribution in [2.75, 3.05) is 6.54 Å². The fourth-order valence-corrected chi connectivity index (χ4v) is 1.84. The minimum atomic E-state index is -4.82. The summed E-state index contributed by atoms with van der Waals surface area (Å²) in [6.45, 7) is 4.88. The molecule has 0 saturated heterocycles. The number of benzene rings is 1. The lowest BCUT2D eigenvalue weighted by Gasteiger charge is -2.40. The maximum atomic E-state index is 12.4. The second kappa shape index (κ2) is 5.02. The molecule has 0 fully saturated rings. The molecule has 6 heteroatoms. The van der Waals surface area contributed by atoms with Crippen LogP contribution in [0.1, 0.15) is 26.3 Å². The molecular weight excluding hydrogens is 259 g/mol. The normalized spacial score (nSPS) is 16.0. The van der Waals surface area contributed by atoms with Crippen molar-refractivity contribution >= 4 is 0 Å². The summed E-state index contributed by atoms with van der Waals surface area (Å²) in [6.07, 6.45) is -4.82. The molecule has 0 spiro atoms. The summed E-state index contributed by atoms with van der Waals surface area (Å²) in [4.78, 5) is 0. The lowest BCUT2D eigenvalue weighted by atomic mass is 9.72. The van der Waals surface area contributed by atoms with Gasteiger partial charge in [-0.05, 0) is 11.5 Å². The third-order valence-corrected chi connectivity index (χ3v) is 3.09. The van der Waals surface area contributed by atoms with Crippen LogP contribution in [0.25, 0.3) is 0 Å². The maximum absolute atomic E-state index is 12.4. The van der Waals surface area contributed by atoms with Gasteiger partial charge in [-0.1, -0.05) is 39.0 Å². The zero-order chi connectivity index (χ0) is 14.9. The molecule has 19 heavy (non-hydrogen) atoms. The fraction of sp³-hybridized carbons (Fsp3) is 0.538. The van der Waals surface area contributed by atoms with Crippen molar-refractivity contribution in [1.82, 2.24) is 0 Å². The van der Waals surface area contributed by atoms with Crippen molar-refractivity contribution in [2.45, 2.75) is 32.7 Å². The molecule has 0 radical (unpaired) electrons. The van der Waals surface area contributed by atoms with Gasteiger partial charge in [0.1, 0.15) is 11.4 Å². The predicted molar refractivity (Wildman–Crippen MR) is 65.5 cm³/mol. The minimum absolute atomic E-state index is 0.0299. The molecule has 1 atom stereocenters. The van der Waals surface area contributed by atoms with Crippen LogP contribution in [0.3, 0.4) is 0 Å². The van der Waals surface area contributed by atoms with Crippen LogP contribution in [0.5, 0.6) is 5.75 Å². The van der Waals surface area contributed by atoms with Crippen molar-refractivity contribution in [3.63, 3.8) is 0 Å². The van der Waals surface area contributed by atoms with Crippen molar-refractivity contribution in [3.8, 4) is 5.75 Å². The molecule has 0 aliphatic rings. The second-order valence-corrected chi connectivity index (χ2v) is 5.36. The maximum Gasteiger partial charge on any atom is 0.573 e. The van der Waals surface area contributed by atoms with Gasteiger partial charge in [0.2, 0.25) is 0 Å². The number of hydrogen-bond donors (Lipinski definition) is 2. The SMILES string of the molecule is CC(C)(C)C(O)(CN)c1ccccc1OC(F)(F)F. The zero-order valence-corrected chi connectivity index (χ0v) is 11.1. The van der Waals surface area contributed by atoms with E-state index in [1.165, 1.54) is 18.2 Å².